The number of thioether (sulfide) groups is 1. The van der Waals surface area contributed by atoms with Crippen LogP contribution in [0.15, 0.2) is 23.4 Å². The van der Waals surface area contributed by atoms with Gasteiger partial charge in [-0.15, -0.1) is 11.8 Å². The van der Waals surface area contributed by atoms with Crippen molar-refractivity contribution in [1.82, 2.24) is 10.3 Å². The Bertz CT molecular complexity index is 281. The van der Waals surface area contributed by atoms with Crippen LogP contribution in [0.4, 0.5) is 0 Å². The molecule has 0 unspecified atom stereocenters. The lowest BCUT2D eigenvalue weighted by Crippen LogP contribution is -2.16. The first-order chi connectivity index (χ1) is 7.34. The first kappa shape index (κ1) is 12.8. The molecular weight excluding hydrogens is 228 g/mol. The van der Waals surface area contributed by atoms with E-state index in [9.17, 15) is 0 Å². The summed E-state index contributed by atoms with van der Waals surface area (Å²) >= 11 is 7.71. The molecule has 0 amide bonds. The van der Waals surface area contributed by atoms with Crippen molar-refractivity contribution in [2.75, 3.05) is 18.8 Å². The zero-order chi connectivity index (χ0) is 10.9. The average Bonchev–Trinajstić information content (AvgIpc) is 2.25. The fraction of sp³-hybridized carbons (Fsp3) is 0.545. The molecule has 1 aromatic rings. The number of nitrogens with one attached hydrogen (secondary N) is 1. The van der Waals surface area contributed by atoms with Crippen molar-refractivity contribution in [3.05, 3.63) is 23.4 Å². The van der Waals surface area contributed by atoms with E-state index in [2.05, 4.69) is 17.2 Å². The molecule has 1 heterocycles. The molecule has 1 N–H and O–H groups in total. The number of halogens is 1. The van der Waals surface area contributed by atoms with E-state index in [1.807, 2.05) is 12.1 Å². The predicted molar refractivity (Wildman–Crippen MR) is 67.7 cm³/mol. The van der Waals surface area contributed by atoms with Gasteiger partial charge in [0.05, 0.1) is 5.02 Å². The van der Waals surface area contributed by atoms with Gasteiger partial charge in [-0.3, -0.25) is 0 Å². The summed E-state index contributed by atoms with van der Waals surface area (Å²) in [6.07, 6.45) is 4.13. The van der Waals surface area contributed by atoms with E-state index in [-0.39, 0.29) is 0 Å². The number of pyridine rings is 1. The molecule has 0 atom stereocenters. The van der Waals surface area contributed by atoms with Crippen LogP contribution in [0.1, 0.15) is 19.8 Å². The van der Waals surface area contributed by atoms with Gasteiger partial charge in [0.15, 0.2) is 0 Å². The number of hydrogen-bond donors (Lipinski definition) is 1. The van der Waals surface area contributed by atoms with Gasteiger partial charge in [-0.05, 0) is 38.1 Å². The van der Waals surface area contributed by atoms with Crippen LogP contribution in [0.25, 0.3) is 0 Å². The Kier molecular flexibility index (Phi) is 6.81. The molecule has 1 rings (SSSR count). The number of hydrogen-bond acceptors (Lipinski definition) is 3. The van der Waals surface area contributed by atoms with E-state index < -0.39 is 0 Å². The predicted octanol–water partition coefficient (Wildman–Crippen LogP) is 3.22. The van der Waals surface area contributed by atoms with Gasteiger partial charge in [0.25, 0.3) is 0 Å². The topological polar surface area (TPSA) is 24.9 Å². The molecule has 0 aliphatic rings. The minimum Gasteiger partial charge on any atom is -0.317 e. The fourth-order valence-corrected chi connectivity index (χ4v) is 2.25. The summed E-state index contributed by atoms with van der Waals surface area (Å²) in [5.41, 5.74) is 0. The van der Waals surface area contributed by atoms with Gasteiger partial charge in [-0.2, -0.15) is 0 Å². The molecule has 15 heavy (non-hydrogen) atoms. The van der Waals surface area contributed by atoms with Crippen LogP contribution in [0.2, 0.25) is 5.02 Å². The zero-order valence-corrected chi connectivity index (χ0v) is 10.6. The lowest BCUT2D eigenvalue weighted by molar-refractivity contribution is 0.664. The summed E-state index contributed by atoms with van der Waals surface area (Å²) in [4.78, 5) is 4.22. The van der Waals surface area contributed by atoms with Gasteiger partial charge in [0, 0.05) is 11.9 Å². The smallest absolute Gasteiger partial charge is 0.115 e. The van der Waals surface area contributed by atoms with Crippen LogP contribution in [-0.2, 0) is 0 Å². The van der Waals surface area contributed by atoms with Crippen molar-refractivity contribution in [2.45, 2.75) is 24.8 Å². The van der Waals surface area contributed by atoms with Gasteiger partial charge < -0.3 is 5.32 Å². The second-order valence-corrected chi connectivity index (χ2v) is 4.73. The van der Waals surface area contributed by atoms with Crippen molar-refractivity contribution >= 4 is 23.4 Å². The third-order valence-corrected chi connectivity index (χ3v) is 3.40. The lowest BCUT2D eigenvalue weighted by Gasteiger charge is -2.03. The lowest BCUT2D eigenvalue weighted by atomic mass is 10.4. The Morgan fingerprint density at radius 1 is 1.47 bits per heavy atom. The van der Waals surface area contributed by atoms with E-state index in [0.29, 0.717) is 0 Å². The summed E-state index contributed by atoms with van der Waals surface area (Å²) in [6.45, 7) is 4.36. The number of nitrogens with zero attached hydrogens (tertiary/aromatic N) is 1. The minimum atomic E-state index is 0.754. The Hall–Kier alpha value is -0.250. The van der Waals surface area contributed by atoms with Crippen LogP contribution in [0.5, 0.6) is 0 Å². The monoisotopic (exact) mass is 244 g/mol. The van der Waals surface area contributed by atoms with Crippen LogP contribution in [-0.4, -0.2) is 23.8 Å². The molecule has 0 radical (unpaired) electrons. The first-order valence-corrected chi connectivity index (χ1v) is 6.65. The molecule has 1 aromatic heterocycles. The molecule has 0 aliphatic carbocycles. The van der Waals surface area contributed by atoms with Crippen molar-refractivity contribution in [3.8, 4) is 0 Å². The molecule has 0 aliphatic heterocycles. The molecule has 0 spiro atoms. The summed E-state index contributed by atoms with van der Waals surface area (Å²) in [7, 11) is 0. The highest BCUT2D eigenvalue weighted by atomic mass is 35.5. The van der Waals surface area contributed by atoms with Crippen LogP contribution in [0, 0.1) is 0 Å². The quantitative estimate of drug-likeness (QED) is 0.589. The maximum absolute atomic E-state index is 5.99. The van der Waals surface area contributed by atoms with Crippen LogP contribution in [0.3, 0.4) is 0 Å². The van der Waals surface area contributed by atoms with Crippen molar-refractivity contribution < 1.29 is 0 Å². The molecule has 0 saturated heterocycles. The molecule has 2 nitrogen and oxygen atoms in total. The number of rotatable bonds is 7. The van der Waals surface area contributed by atoms with E-state index in [1.54, 1.807) is 18.0 Å². The highest BCUT2D eigenvalue weighted by Crippen LogP contribution is 2.24. The molecular formula is C11H17ClN2S. The van der Waals surface area contributed by atoms with Crippen molar-refractivity contribution in [3.63, 3.8) is 0 Å². The van der Waals surface area contributed by atoms with E-state index >= 15 is 0 Å². The molecule has 0 bridgehead atoms. The Morgan fingerprint density at radius 2 is 2.33 bits per heavy atom. The molecule has 0 saturated carbocycles. The highest BCUT2D eigenvalue weighted by Gasteiger charge is 2.00. The summed E-state index contributed by atoms with van der Waals surface area (Å²) in [5, 5.41) is 5.06. The van der Waals surface area contributed by atoms with Gasteiger partial charge >= 0.3 is 0 Å². The average molecular weight is 245 g/mol. The van der Waals surface area contributed by atoms with Gasteiger partial charge in [0.2, 0.25) is 0 Å². The largest absolute Gasteiger partial charge is 0.317 e. The zero-order valence-electron chi connectivity index (χ0n) is 9.00. The summed E-state index contributed by atoms with van der Waals surface area (Å²) in [5.74, 6) is 1.06. The Balaban J connectivity index is 2.12. The molecule has 0 fully saturated rings. The third-order valence-electron chi connectivity index (χ3n) is 1.89. The minimum absolute atomic E-state index is 0.754. The second-order valence-electron chi connectivity index (χ2n) is 3.24. The molecule has 4 heteroatoms. The van der Waals surface area contributed by atoms with Crippen molar-refractivity contribution in [2.24, 2.45) is 0 Å². The fourth-order valence-electron chi connectivity index (χ4n) is 1.15. The van der Waals surface area contributed by atoms with Crippen molar-refractivity contribution in [1.29, 1.82) is 0 Å². The highest BCUT2D eigenvalue weighted by molar-refractivity contribution is 7.99. The van der Waals surface area contributed by atoms with E-state index in [1.165, 1.54) is 6.42 Å². The maximum Gasteiger partial charge on any atom is 0.115 e. The normalized spacial score (nSPS) is 10.5. The first-order valence-electron chi connectivity index (χ1n) is 5.28. The summed E-state index contributed by atoms with van der Waals surface area (Å²) < 4.78 is 0. The third kappa shape index (κ3) is 5.40. The second kappa shape index (κ2) is 7.97. The summed E-state index contributed by atoms with van der Waals surface area (Å²) in [6, 6.07) is 3.74. The van der Waals surface area contributed by atoms with E-state index in [4.69, 9.17) is 11.6 Å². The Morgan fingerprint density at radius 3 is 3.07 bits per heavy atom. The van der Waals surface area contributed by atoms with Crippen LogP contribution < -0.4 is 5.32 Å². The molecule has 0 aromatic carbocycles. The maximum atomic E-state index is 5.99. The standard InChI is InChI=1S/C11H17ClN2S/c1-2-6-13-7-4-9-15-11-10(12)5-3-8-14-11/h3,5,8,13H,2,4,6-7,9H2,1H3. The van der Waals surface area contributed by atoms with Crippen LogP contribution >= 0.6 is 23.4 Å². The van der Waals surface area contributed by atoms with Gasteiger partial charge in [-0.25, -0.2) is 4.98 Å². The van der Waals surface area contributed by atoms with E-state index in [0.717, 1.165) is 35.3 Å². The van der Waals surface area contributed by atoms with Gasteiger partial charge in [0.1, 0.15) is 5.03 Å². The Labute approximate surface area is 101 Å². The SMILES string of the molecule is CCCNCCCSc1ncccc1Cl. The van der Waals surface area contributed by atoms with Gasteiger partial charge in [-0.1, -0.05) is 18.5 Å². The number of aromatic nitrogens is 1. The molecule has 84 valence electrons.